The summed E-state index contributed by atoms with van der Waals surface area (Å²) in [4.78, 5) is 12.7. The molecule has 0 fully saturated rings. The van der Waals surface area contributed by atoms with E-state index in [-0.39, 0.29) is 17.0 Å². The van der Waals surface area contributed by atoms with Gasteiger partial charge in [0.25, 0.3) is 5.91 Å². The number of sulfonamides is 1. The Kier molecular flexibility index (Phi) is 6.87. The lowest BCUT2D eigenvalue weighted by molar-refractivity contribution is 0.102. The van der Waals surface area contributed by atoms with Gasteiger partial charge < -0.3 is 9.88 Å². The number of nitrogens with one attached hydrogen (secondary N) is 2. The third-order valence-corrected chi connectivity index (χ3v) is 6.93. The van der Waals surface area contributed by atoms with Crippen LogP contribution in [0.15, 0.2) is 53.4 Å². The Morgan fingerprint density at radius 3 is 2.64 bits per heavy atom. The van der Waals surface area contributed by atoms with Gasteiger partial charge >= 0.3 is 0 Å². The van der Waals surface area contributed by atoms with E-state index < -0.39 is 15.9 Å². The second kappa shape index (κ2) is 9.98. The molecule has 9 heteroatoms. The van der Waals surface area contributed by atoms with E-state index in [1.165, 1.54) is 31.0 Å². The van der Waals surface area contributed by atoms with Crippen molar-refractivity contribution in [1.29, 1.82) is 0 Å². The van der Waals surface area contributed by atoms with Crippen LogP contribution in [0.2, 0.25) is 0 Å². The predicted octanol–water partition coefficient (Wildman–Crippen LogP) is 3.23. The fourth-order valence-corrected chi connectivity index (χ4v) is 4.79. The smallest absolute Gasteiger partial charge is 0.255 e. The molecule has 0 radical (unpaired) electrons. The molecule has 0 unspecified atom stereocenters. The standard InChI is InChI=1S/C24H25N5O3S/c1-2-15-25-33(31,32)21-9-7-8-19(17-21)24(30)26-20-13-11-18(12-14-20)23-28-27-22-10-5-3-4-6-16-29(22)23/h1,7-9,11-14,17,25H,3-6,10,15-16H2,(H,26,30). The molecule has 0 bridgehead atoms. The molecule has 33 heavy (non-hydrogen) atoms. The maximum Gasteiger partial charge on any atom is 0.255 e. The average molecular weight is 464 g/mol. The summed E-state index contributed by atoms with van der Waals surface area (Å²) < 4.78 is 29.0. The van der Waals surface area contributed by atoms with Crippen molar-refractivity contribution in [2.75, 3.05) is 11.9 Å². The first-order valence-corrected chi connectivity index (χ1v) is 12.3. The molecule has 170 valence electrons. The van der Waals surface area contributed by atoms with Gasteiger partial charge in [-0.05, 0) is 55.3 Å². The summed E-state index contributed by atoms with van der Waals surface area (Å²) in [6.07, 6.45) is 10.7. The van der Waals surface area contributed by atoms with E-state index >= 15 is 0 Å². The van der Waals surface area contributed by atoms with Crippen LogP contribution in [0, 0.1) is 12.3 Å². The molecule has 0 aliphatic carbocycles. The molecule has 8 nitrogen and oxygen atoms in total. The van der Waals surface area contributed by atoms with Crippen molar-refractivity contribution in [2.45, 2.75) is 43.5 Å². The summed E-state index contributed by atoms with van der Waals surface area (Å²) in [5.41, 5.74) is 1.75. The molecule has 2 heterocycles. The van der Waals surface area contributed by atoms with E-state index in [2.05, 4.69) is 30.7 Å². The minimum Gasteiger partial charge on any atom is -0.322 e. The lowest BCUT2D eigenvalue weighted by Gasteiger charge is -2.13. The van der Waals surface area contributed by atoms with Crippen molar-refractivity contribution in [3.05, 3.63) is 59.9 Å². The first kappa shape index (κ1) is 22.7. The number of terminal acetylenes is 1. The van der Waals surface area contributed by atoms with E-state index in [9.17, 15) is 13.2 Å². The molecule has 2 N–H and O–H groups in total. The SMILES string of the molecule is C#CCNS(=O)(=O)c1cccc(C(=O)Nc2ccc(-c3nnc4n3CCCCCC4)cc2)c1. The van der Waals surface area contributed by atoms with Crippen molar-refractivity contribution in [2.24, 2.45) is 0 Å². The van der Waals surface area contributed by atoms with E-state index in [0.29, 0.717) is 5.69 Å². The van der Waals surface area contributed by atoms with Gasteiger partial charge in [-0.3, -0.25) is 4.79 Å². The molecular weight excluding hydrogens is 438 g/mol. The van der Waals surface area contributed by atoms with Gasteiger partial charge in [0.1, 0.15) is 5.82 Å². The third kappa shape index (κ3) is 5.30. The Morgan fingerprint density at radius 1 is 1.06 bits per heavy atom. The van der Waals surface area contributed by atoms with Crippen LogP contribution >= 0.6 is 0 Å². The molecule has 1 aliphatic rings. The zero-order chi connectivity index (χ0) is 23.3. The third-order valence-electron chi connectivity index (χ3n) is 5.53. The van der Waals surface area contributed by atoms with Crippen LogP contribution in [-0.2, 0) is 23.0 Å². The number of amides is 1. The molecule has 0 saturated carbocycles. The summed E-state index contributed by atoms with van der Waals surface area (Å²) in [6, 6.07) is 13.2. The number of aryl methyl sites for hydroxylation is 1. The number of carbonyl (C=O) groups excluding carboxylic acids is 1. The summed E-state index contributed by atoms with van der Waals surface area (Å²) in [5, 5.41) is 11.6. The molecule has 1 aromatic heterocycles. The van der Waals surface area contributed by atoms with Crippen molar-refractivity contribution >= 4 is 21.6 Å². The number of hydrogen-bond donors (Lipinski definition) is 2. The van der Waals surface area contributed by atoms with Crippen molar-refractivity contribution in [1.82, 2.24) is 19.5 Å². The zero-order valence-electron chi connectivity index (χ0n) is 18.1. The van der Waals surface area contributed by atoms with Gasteiger partial charge in [-0.15, -0.1) is 16.6 Å². The van der Waals surface area contributed by atoms with Crippen molar-refractivity contribution in [3.8, 4) is 23.7 Å². The summed E-state index contributed by atoms with van der Waals surface area (Å²) in [7, 11) is -3.78. The van der Waals surface area contributed by atoms with Crippen LogP contribution < -0.4 is 10.0 Å². The minimum absolute atomic E-state index is 0.0240. The lowest BCUT2D eigenvalue weighted by atomic mass is 10.1. The second-order valence-electron chi connectivity index (χ2n) is 7.84. The molecule has 0 spiro atoms. The summed E-state index contributed by atoms with van der Waals surface area (Å²) >= 11 is 0. The Balaban J connectivity index is 1.49. The minimum atomic E-state index is -3.78. The van der Waals surface area contributed by atoms with Crippen LogP contribution in [-0.4, -0.2) is 35.6 Å². The summed E-state index contributed by atoms with van der Waals surface area (Å²) in [6.45, 7) is 0.784. The van der Waals surface area contributed by atoms with E-state index in [0.717, 1.165) is 43.0 Å². The van der Waals surface area contributed by atoms with Gasteiger partial charge in [0, 0.05) is 29.8 Å². The monoisotopic (exact) mass is 463 g/mol. The van der Waals surface area contributed by atoms with Gasteiger partial charge in [-0.2, -0.15) is 4.72 Å². The zero-order valence-corrected chi connectivity index (χ0v) is 18.9. The molecule has 1 amide bonds. The highest BCUT2D eigenvalue weighted by atomic mass is 32.2. The van der Waals surface area contributed by atoms with Crippen molar-refractivity contribution in [3.63, 3.8) is 0 Å². The van der Waals surface area contributed by atoms with E-state index in [1.807, 2.05) is 12.1 Å². The molecule has 0 atom stereocenters. The topological polar surface area (TPSA) is 106 Å². The normalized spacial score (nSPS) is 13.9. The number of fused-ring (bicyclic) bond motifs is 1. The highest BCUT2D eigenvalue weighted by Gasteiger charge is 2.17. The van der Waals surface area contributed by atoms with Crippen LogP contribution in [0.4, 0.5) is 5.69 Å². The lowest BCUT2D eigenvalue weighted by Crippen LogP contribution is -2.24. The van der Waals surface area contributed by atoms with Gasteiger partial charge in [-0.25, -0.2) is 8.42 Å². The average Bonchev–Trinajstić information content (AvgIpc) is 3.19. The predicted molar refractivity (Wildman–Crippen MR) is 126 cm³/mol. The Bertz CT molecular complexity index is 1290. The first-order valence-electron chi connectivity index (χ1n) is 10.8. The molecule has 1 aliphatic heterocycles. The van der Waals surface area contributed by atoms with Crippen LogP contribution in [0.5, 0.6) is 0 Å². The second-order valence-corrected chi connectivity index (χ2v) is 9.61. The van der Waals surface area contributed by atoms with Crippen LogP contribution in [0.25, 0.3) is 11.4 Å². The van der Waals surface area contributed by atoms with Gasteiger partial charge in [0.2, 0.25) is 10.0 Å². The maximum atomic E-state index is 12.7. The first-order chi connectivity index (χ1) is 16.0. The number of rotatable bonds is 6. The Labute approximate surface area is 193 Å². The highest BCUT2D eigenvalue weighted by molar-refractivity contribution is 7.89. The van der Waals surface area contributed by atoms with Gasteiger partial charge in [0.15, 0.2) is 5.82 Å². The molecule has 3 aromatic rings. The number of benzene rings is 2. The van der Waals surface area contributed by atoms with Gasteiger partial charge in [0.05, 0.1) is 11.4 Å². The Hall–Kier alpha value is -3.48. The largest absolute Gasteiger partial charge is 0.322 e. The molecule has 4 rings (SSSR count). The summed E-state index contributed by atoms with van der Waals surface area (Å²) in [5.74, 6) is 3.67. The molecule has 0 saturated heterocycles. The number of aromatic nitrogens is 3. The number of anilines is 1. The van der Waals surface area contributed by atoms with Crippen LogP contribution in [0.1, 0.15) is 41.9 Å². The molecular formula is C24H25N5O3S. The quantitative estimate of drug-likeness (QED) is 0.546. The van der Waals surface area contributed by atoms with Gasteiger partial charge in [-0.1, -0.05) is 24.8 Å². The maximum absolute atomic E-state index is 12.7. The highest BCUT2D eigenvalue weighted by Crippen LogP contribution is 2.24. The molecule has 2 aromatic carbocycles. The number of nitrogens with zero attached hydrogens (tertiary/aromatic N) is 3. The van der Waals surface area contributed by atoms with E-state index in [1.54, 1.807) is 18.2 Å². The van der Waals surface area contributed by atoms with E-state index in [4.69, 9.17) is 6.42 Å². The number of carbonyl (C=O) groups is 1. The number of hydrogen-bond acceptors (Lipinski definition) is 5. The van der Waals surface area contributed by atoms with Crippen LogP contribution in [0.3, 0.4) is 0 Å². The fourth-order valence-electron chi connectivity index (χ4n) is 3.81. The fraction of sp³-hybridized carbons (Fsp3) is 0.292. The van der Waals surface area contributed by atoms with Crippen molar-refractivity contribution < 1.29 is 13.2 Å². The Morgan fingerprint density at radius 2 is 1.85 bits per heavy atom.